The number of nitrogens with one attached hydrogen (secondary N) is 2. The first-order chi connectivity index (χ1) is 9.83. The maximum absolute atomic E-state index is 12.2. The second kappa shape index (κ2) is 6.03. The van der Waals surface area contributed by atoms with E-state index < -0.39 is 0 Å². The summed E-state index contributed by atoms with van der Waals surface area (Å²) in [5.41, 5.74) is 2.77. The number of benzene rings is 1. The van der Waals surface area contributed by atoms with E-state index >= 15 is 0 Å². The van der Waals surface area contributed by atoms with E-state index in [1.807, 2.05) is 42.5 Å². The van der Waals surface area contributed by atoms with Crippen LogP contribution in [0.5, 0.6) is 0 Å². The molecule has 2 heterocycles. The van der Waals surface area contributed by atoms with E-state index in [4.69, 9.17) is 0 Å². The van der Waals surface area contributed by atoms with Crippen LogP contribution in [0.25, 0.3) is 11.3 Å². The van der Waals surface area contributed by atoms with Crippen LogP contribution >= 0.6 is 0 Å². The van der Waals surface area contributed by atoms with Gasteiger partial charge >= 0.3 is 0 Å². The van der Waals surface area contributed by atoms with Crippen LogP contribution < -0.4 is 10.9 Å². The average Bonchev–Trinajstić information content (AvgIpc) is 2.51. The molecule has 1 aliphatic heterocycles. The summed E-state index contributed by atoms with van der Waals surface area (Å²) in [7, 11) is 0. The third kappa shape index (κ3) is 2.98. The Hall–Kier alpha value is -1.91. The highest BCUT2D eigenvalue weighted by molar-refractivity contribution is 5.58. The van der Waals surface area contributed by atoms with Crippen LogP contribution in [0.4, 0.5) is 0 Å². The normalized spacial score (nSPS) is 16.2. The molecule has 1 saturated heterocycles. The van der Waals surface area contributed by atoms with Crippen LogP contribution in [0.15, 0.2) is 47.3 Å². The summed E-state index contributed by atoms with van der Waals surface area (Å²) in [6.45, 7) is 4.73. The molecule has 0 saturated carbocycles. The van der Waals surface area contributed by atoms with Gasteiger partial charge in [0.1, 0.15) is 0 Å². The summed E-state index contributed by atoms with van der Waals surface area (Å²) < 4.78 is 0. The lowest BCUT2D eigenvalue weighted by Crippen LogP contribution is -2.43. The van der Waals surface area contributed by atoms with Gasteiger partial charge in [-0.3, -0.25) is 9.69 Å². The first-order valence-electron chi connectivity index (χ1n) is 7.03. The first-order valence-corrected chi connectivity index (χ1v) is 7.03. The minimum absolute atomic E-state index is 0.0184. The number of hydrogen-bond acceptors (Lipinski definition) is 3. The van der Waals surface area contributed by atoms with E-state index in [9.17, 15) is 4.79 Å². The zero-order valence-corrected chi connectivity index (χ0v) is 11.4. The number of aromatic nitrogens is 1. The van der Waals surface area contributed by atoms with Crippen molar-refractivity contribution in [3.8, 4) is 11.3 Å². The highest BCUT2D eigenvalue weighted by atomic mass is 16.1. The predicted molar refractivity (Wildman–Crippen MR) is 80.6 cm³/mol. The summed E-state index contributed by atoms with van der Waals surface area (Å²) >= 11 is 0. The molecule has 0 unspecified atom stereocenters. The van der Waals surface area contributed by atoms with Gasteiger partial charge in [-0.25, -0.2) is 0 Å². The molecule has 1 aromatic carbocycles. The summed E-state index contributed by atoms with van der Waals surface area (Å²) in [4.78, 5) is 17.5. The summed E-state index contributed by atoms with van der Waals surface area (Å²) in [5.74, 6) is 0. The molecule has 0 aliphatic carbocycles. The molecule has 0 atom stereocenters. The maximum atomic E-state index is 12.2. The van der Waals surface area contributed by atoms with Crippen molar-refractivity contribution in [2.24, 2.45) is 0 Å². The number of piperazine rings is 1. The highest BCUT2D eigenvalue weighted by Crippen LogP contribution is 2.15. The van der Waals surface area contributed by atoms with Gasteiger partial charge in [0.25, 0.3) is 5.56 Å². The van der Waals surface area contributed by atoms with Crippen molar-refractivity contribution in [1.29, 1.82) is 0 Å². The Kier molecular flexibility index (Phi) is 3.95. The average molecular weight is 269 g/mol. The van der Waals surface area contributed by atoms with E-state index in [0.29, 0.717) is 0 Å². The van der Waals surface area contributed by atoms with Gasteiger partial charge < -0.3 is 10.3 Å². The summed E-state index contributed by atoms with van der Waals surface area (Å²) in [6.07, 6.45) is 0. The lowest BCUT2D eigenvalue weighted by Gasteiger charge is -2.26. The zero-order chi connectivity index (χ0) is 13.8. The largest absolute Gasteiger partial charge is 0.322 e. The molecule has 3 rings (SSSR count). The van der Waals surface area contributed by atoms with Crippen molar-refractivity contribution in [1.82, 2.24) is 15.2 Å². The molecule has 1 aromatic heterocycles. The van der Waals surface area contributed by atoms with E-state index in [-0.39, 0.29) is 5.56 Å². The van der Waals surface area contributed by atoms with Crippen molar-refractivity contribution in [3.05, 3.63) is 58.4 Å². The van der Waals surface area contributed by atoms with Gasteiger partial charge in [-0.1, -0.05) is 36.4 Å². The Morgan fingerprint density at radius 1 is 1.00 bits per heavy atom. The molecular weight excluding hydrogens is 250 g/mol. The number of hydrogen-bond donors (Lipinski definition) is 2. The molecule has 2 aromatic rings. The van der Waals surface area contributed by atoms with Crippen LogP contribution in [-0.4, -0.2) is 36.1 Å². The van der Waals surface area contributed by atoms with E-state index in [0.717, 1.165) is 49.5 Å². The van der Waals surface area contributed by atoms with Gasteiger partial charge in [0.15, 0.2) is 0 Å². The summed E-state index contributed by atoms with van der Waals surface area (Å²) in [6, 6.07) is 13.9. The number of rotatable bonds is 3. The molecule has 1 aliphatic rings. The predicted octanol–water partition coefficient (Wildman–Crippen LogP) is 1.45. The molecular formula is C16H19N3O. The third-order valence-electron chi connectivity index (χ3n) is 3.68. The zero-order valence-electron chi connectivity index (χ0n) is 11.4. The van der Waals surface area contributed by atoms with Crippen molar-refractivity contribution in [3.63, 3.8) is 0 Å². The fraction of sp³-hybridized carbons (Fsp3) is 0.312. The second-order valence-corrected chi connectivity index (χ2v) is 5.12. The quantitative estimate of drug-likeness (QED) is 0.886. The van der Waals surface area contributed by atoms with Gasteiger partial charge in [-0.05, 0) is 11.6 Å². The molecule has 4 nitrogen and oxygen atoms in total. The minimum atomic E-state index is 0.0184. The maximum Gasteiger partial charge on any atom is 0.252 e. The van der Waals surface area contributed by atoms with E-state index in [2.05, 4.69) is 15.2 Å². The minimum Gasteiger partial charge on any atom is -0.322 e. The smallest absolute Gasteiger partial charge is 0.252 e. The number of nitrogens with zero attached hydrogens (tertiary/aromatic N) is 1. The van der Waals surface area contributed by atoms with Crippen LogP contribution in [0, 0.1) is 0 Å². The van der Waals surface area contributed by atoms with E-state index in [1.165, 1.54) is 0 Å². The third-order valence-corrected chi connectivity index (χ3v) is 3.68. The molecule has 20 heavy (non-hydrogen) atoms. The molecule has 0 amide bonds. The lowest BCUT2D eigenvalue weighted by molar-refractivity contribution is 0.232. The van der Waals surface area contributed by atoms with Gasteiger partial charge in [0.2, 0.25) is 0 Å². The molecule has 1 fully saturated rings. The van der Waals surface area contributed by atoms with Gasteiger partial charge in [-0.15, -0.1) is 0 Å². The van der Waals surface area contributed by atoms with Crippen LogP contribution in [-0.2, 0) is 6.54 Å². The van der Waals surface area contributed by atoms with Gasteiger partial charge in [-0.2, -0.15) is 0 Å². The monoisotopic (exact) mass is 269 g/mol. The standard InChI is InChI=1S/C16H19N3O/c20-16-14(12-19-10-8-17-9-11-19)6-7-15(18-16)13-4-2-1-3-5-13/h1-7,17H,8-12H2,(H,18,20). The Bertz CT molecular complexity index is 615. The number of aromatic amines is 1. The Morgan fingerprint density at radius 2 is 1.75 bits per heavy atom. The van der Waals surface area contributed by atoms with Crippen LogP contribution in [0.3, 0.4) is 0 Å². The number of pyridine rings is 1. The lowest BCUT2D eigenvalue weighted by atomic mass is 10.1. The second-order valence-electron chi connectivity index (χ2n) is 5.12. The molecule has 4 heteroatoms. The van der Waals surface area contributed by atoms with E-state index in [1.54, 1.807) is 0 Å². The van der Waals surface area contributed by atoms with Gasteiger partial charge in [0, 0.05) is 44.0 Å². The molecule has 0 bridgehead atoms. The van der Waals surface area contributed by atoms with Crippen molar-refractivity contribution < 1.29 is 0 Å². The fourth-order valence-corrected chi connectivity index (χ4v) is 2.52. The van der Waals surface area contributed by atoms with Crippen molar-refractivity contribution in [2.75, 3.05) is 26.2 Å². The fourth-order valence-electron chi connectivity index (χ4n) is 2.52. The van der Waals surface area contributed by atoms with Crippen LogP contribution in [0.1, 0.15) is 5.56 Å². The molecule has 0 spiro atoms. The molecule has 0 radical (unpaired) electrons. The van der Waals surface area contributed by atoms with Gasteiger partial charge in [0.05, 0.1) is 0 Å². The SMILES string of the molecule is O=c1[nH]c(-c2ccccc2)ccc1CN1CCNCC1. The van der Waals surface area contributed by atoms with Crippen LogP contribution in [0.2, 0.25) is 0 Å². The van der Waals surface area contributed by atoms with Crippen molar-refractivity contribution >= 4 is 0 Å². The Labute approximate surface area is 118 Å². The molecule has 104 valence electrons. The topological polar surface area (TPSA) is 48.1 Å². The Morgan fingerprint density at radius 3 is 2.45 bits per heavy atom. The van der Waals surface area contributed by atoms with Crippen molar-refractivity contribution in [2.45, 2.75) is 6.54 Å². The Balaban J connectivity index is 1.79. The number of H-pyrrole nitrogens is 1. The highest BCUT2D eigenvalue weighted by Gasteiger charge is 2.12. The molecule has 2 N–H and O–H groups in total. The summed E-state index contributed by atoms with van der Waals surface area (Å²) in [5, 5.41) is 3.32. The first kappa shape index (κ1) is 13.1.